The van der Waals surface area contributed by atoms with Crippen molar-refractivity contribution < 1.29 is 19.2 Å². The van der Waals surface area contributed by atoms with Gasteiger partial charge in [-0.25, -0.2) is 4.79 Å². The molecule has 138 valence electrons. The zero-order chi connectivity index (χ0) is 18.8. The molecule has 0 aromatic heterocycles. The zero-order valence-electron chi connectivity index (χ0n) is 15.3. The van der Waals surface area contributed by atoms with E-state index in [0.29, 0.717) is 19.6 Å². The molecule has 1 atom stereocenters. The lowest BCUT2D eigenvalue weighted by molar-refractivity contribution is -0.385. The van der Waals surface area contributed by atoms with Crippen LogP contribution in [0.5, 0.6) is 5.75 Å². The van der Waals surface area contributed by atoms with Gasteiger partial charge in [-0.3, -0.25) is 10.1 Å². The minimum absolute atomic E-state index is 0.0372. The fourth-order valence-corrected chi connectivity index (χ4v) is 2.80. The molecule has 0 aliphatic carbocycles. The Morgan fingerprint density at radius 3 is 2.52 bits per heavy atom. The molecular formula is C17H25N3O5. The molecule has 0 saturated carbocycles. The second-order valence-corrected chi connectivity index (χ2v) is 7.08. The number of hydrogen-bond acceptors (Lipinski definition) is 6. The van der Waals surface area contributed by atoms with Crippen LogP contribution in [0.15, 0.2) is 18.2 Å². The highest BCUT2D eigenvalue weighted by Crippen LogP contribution is 2.32. The summed E-state index contributed by atoms with van der Waals surface area (Å²) in [7, 11) is 1.41. The molecule has 1 aromatic carbocycles. The Bertz CT molecular complexity index is 656. The summed E-state index contributed by atoms with van der Waals surface area (Å²) in [6, 6.07) is 4.77. The maximum Gasteiger partial charge on any atom is 0.410 e. The van der Waals surface area contributed by atoms with Crippen molar-refractivity contribution in [1.82, 2.24) is 4.90 Å². The van der Waals surface area contributed by atoms with Gasteiger partial charge in [0.25, 0.3) is 0 Å². The Morgan fingerprint density at radius 1 is 1.32 bits per heavy atom. The third kappa shape index (κ3) is 4.52. The van der Waals surface area contributed by atoms with Crippen LogP contribution in [-0.2, 0) is 4.74 Å². The second kappa shape index (κ2) is 7.16. The number of nitro benzene ring substituents is 1. The van der Waals surface area contributed by atoms with E-state index in [9.17, 15) is 14.9 Å². The topological polar surface area (TPSA) is 85.2 Å². The van der Waals surface area contributed by atoms with Gasteiger partial charge in [-0.2, -0.15) is 0 Å². The molecule has 1 aliphatic heterocycles. The molecule has 1 saturated heterocycles. The first kappa shape index (κ1) is 18.8. The number of carbonyl (C=O) groups excluding carboxylic acids is 1. The first-order valence-corrected chi connectivity index (χ1v) is 8.19. The van der Waals surface area contributed by atoms with Crippen molar-refractivity contribution in [3.8, 4) is 5.75 Å². The number of ether oxygens (including phenoxy) is 2. The number of anilines is 1. The van der Waals surface area contributed by atoms with Gasteiger partial charge in [-0.15, -0.1) is 0 Å². The van der Waals surface area contributed by atoms with Crippen LogP contribution in [0.2, 0.25) is 0 Å². The molecule has 1 unspecified atom stereocenters. The quantitative estimate of drug-likeness (QED) is 0.615. The SMILES string of the molecule is COc1cc(N2CCN(C(=O)OC(C)(C)C)C(C)C2)ccc1[N+](=O)[O-]. The van der Waals surface area contributed by atoms with E-state index < -0.39 is 10.5 Å². The highest BCUT2D eigenvalue weighted by molar-refractivity contribution is 5.69. The number of nitrogens with zero attached hydrogens (tertiary/aromatic N) is 3. The summed E-state index contributed by atoms with van der Waals surface area (Å²) in [5.74, 6) is 0.227. The van der Waals surface area contributed by atoms with Gasteiger partial charge in [-0.05, 0) is 33.8 Å². The molecular weight excluding hydrogens is 326 g/mol. The molecule has 1 aromatic rings. The van der Waals surface area contributed by atoms with Crippen LogP contribution < -0.4 is 9.64 Å². The van der Waals surface area contributed by atoms with Crippen LogP contribution in [0, 0.1) is 10.1 Å². The molecule has 1 aliphatic rings. The Labute approximate surface area is 147 Å². The summed E-state index contributed by atoms with van der Waals surface area (Å²) in [4.78, 5) is 26.6. The predicted molar refractivity (Wildman–Crippen MR) is 94.3 cm³/mol. The zero-order valence-corrected chi connectivity index (χ0v) is 15.3. The fraction of sp³-hybridized carbons (Fsp3) is 0.588. The number of methoxy groups -OCH3 is 1. The van der Waals surface area contributed by atoms with Gasteiger partial charge in [0.05, 0.1) is 12.0 Å². The maximum absolute atomic E-state index is 12.3. The van der Waals surface area contributed by atoms with Crippen LogP contribution in [0.4, 0.5) is 16.2 Å². The summed E-state index contributed by atoms with van der Waals surface area (Å²) in [5, 5.41) is 11.0. The average Bonchev–Trinajstić information content (AvgIpc) is 2.52. The number of hydrogen-bond donors (Lipinski definition) is 0. The van der Waals surface area contributed by atoms with E-state index >= 15 is 0 Å². The van der Waals surface area contributed by atoms with Crippen LogP contribution in [0.1, 0.15) is 27.7 Å². The molecule has 0 bridgehead atoms. The van der Waals surface area contributed by atoms with E-state index in [1.807, 2.05) is 27.7 Å². The van der Waals surface area contributed by atoms with Crippen molar-refractivity contribution in [2.45, 2.75) is 39.3 Å². The van der Waals surface area contributed by atoms with Gasteiger partial charge in [0.2, 0.25) is 0 Å². The summed E-state index contributed by atoms with van der Waals surface area (Å²) in [6.07, 6.45) is -0.319. The lowest BCUT2D eigenvalue weighted by atomic mass is 10.1. The number of amides is 1. The largest absolute Gasteiger partial charge is 0.490 e. The van der Waals surface area contributed by atoms with E-state index in [1.165, 1.54) is 13.2 Å². The molecule has 0 radical (unpaired) electrons. The summed E-state index contributed by atoms with van der Waals surface area (Å²) in [5.41, 5.74) is 0.240. The molecule has 1 amide bonds. The normalized spacial score (nSPS) is 18.0. The van der Waals surface area contributed by atoms with E-state index in [0.717, 1.165) is 5.69 Å². The number of piperazine rings is 1. The van der Waals surface area contributed by atoms with Crippen molar-refractivity contribution in [3.63, 3.8) is 0 Å². The summed E-state index contributed by atoms with van der Waals surface area (Å²) in [6.45, 7) is 9.23. The highest BCUT2D eigenvalue weighted by Gasteiger charge is 2.31. The molecule has 2 rings (SSSR count). The number of benzene rings is 1. The minimum atomic E-state index is -0.528. The third-order valence-corrected chi connectivity index (χ3v) is 3.98. The van der Waals surface area contributed by atoms with Crippen LogP contribution in [-0.4, -0.2) is 54.3 Å². The Kier molecular flexibility index (Phi) is 5.39. The van der Waals surface area contributed by atoms with E-state index in [4.69, 9.17) is 9.47 Å². The van der Waals surface area contributed by atoms with Gasteiger partial charge in [0, 0.05) is 43.5 Å². The third-order valence-electron chi connectivity index (χ3n) is 3.98. The molecule has 25 heavy (non-hydrogen) atoms. The number of carbonyl (C=O) groups is 1. The highest BCUT2D eigenvalue weighted by atomic mass is 16.6. The average molecular weight is 351 g/mol. The molecule has 0 N–H and O–H groups in total. The van der Waals surface area contributed by atoms with Crippen molar-refractivity contribution in [1.29, 1.82) is 0 Å². The Balaban J connectivity index is 2.10. The van der Waals surface area contributed by atoms with Crippen LogP contribution >= 0.6 is 0 Å². The smallest absolute Gasteiger partial charge is 0.410 e. The van der Waals surface area contributed by atoms with Crippen molar-refractivity contribution >= 4 is 17.5 Å². The van der Waals surface area contributed by atoms with Gasteiger partial charge in [0.1, 0.15) is 5.60 Å². The molecule has 1 fully saturated rings. The number of rotatable bonds is 3. The van der Waals surface area contributed by atoms with Gasteiger partial charge in [0.15, 0.2) is 5.75 Å². The first-order chi connectivity index (χ1) is 11.6. The van der Waals surface area contributed by atoms with E-state index in [1.54, 1.807) is 17.0 Å². The standard InChI is InChI=1S/C17H25N3O5/c1-12-11-18(8-9-19(12)16(21)25-17(2,3)4)13-6-7-14(20(22)23)15(10-13)24-5/h6-7,10,12H,8-9,11H2,1-5H3. The van der Waals surface area contributed by atoms with Crippen LogP contribution in [0.3, 0.4) is 0 Å². The van der Waals surface area contributed by atoms with Crippen LogP contribution in [0.25, 0.3) is 0 Å². The Morgan fingerprint density at radius 2 is 2.00 bits per heavy atom. The number of nitro groups is 1. The fourth-order valence-electron chi connectivity index (χ4n) is 2.80. The molecule has 1 heterocycles. The van der Waals surface area contributed by atoms with E-state index in [-0.39, 0.29) is 23.6 Å². The lowest BCUT2D eigenvalue weighted by Gasteiger charge is -2.41. The minimum Gasteiger partial charge on any atom is -0.490 e. The van der Waals surface area contributed by atoms with Gasteiger partial charge in [-0.1, -0.05) is 0 Å². The van der Waals surface area contributed by atoms with Crippen molar-refractivity contribution in [2.24, 2.45) is 0 Å². The van der Waals surface area contributed by atoms with Crippen molar-refractivity contribution in [3.05, 3.63) is 28.3 Å². The van der Waals surface area contributed by atoms with Crippen molar-refractivity contribution in [2.75, 3.05) is 31.6 Å². The summed E-state index contributed by atoms with van der Waals surface area (Å²) < 4.78 is 10.6. The summed E-state index contributed by atoms with van der Waals surface area (Å²) >= 11 is 0. The van der Waals surface area contributed by atoms with Gasteiger partial charge >= 0.3 is 11.8 Å². The molecule has 0 spiro atoms. The monoisotopic (exact) mass is 351 g/mol. The predicted octanol–water partition coefficient (Wildman–Crippen LogP) is 3.05. The first-order valence-electron chi connectivity index (χ1n) is 8.19. The van der Waals surface area contributed by atoms with Gasteiger partial charge < -0.3 is 19.3 Å². The Hall–Kier alpha value is -2.51. The molecule has 8 nitrogen and oxygen atoms in total. The van der Waals surface area contributed by atoms with E-state index in [2.05, 4.69) is 4.90 Å². The second-order valence-electron chi connectivity index (χ2n) is 7.08. The maximum atomic E-state index is 12.3. The molecule has 8 heteroatoms. The lowest BCUT2D eigenvalue weighted by Crippen LogP contribution is -2.55.